The van der Waals surface area contributed by atoms with Gasteiger partial charge in [0.2, 0.25) is 0 Å². The molecule has 114 valence electrons. The normalized spacial score (nSPS) is 29.7. The van der Waals surface area contributed by atoms with Gasteiger partial charge in [-0.3, -0.25) is 0 Å². The number of nitrogens with two attached hydrogens (primary N) is 1. The van der Waals surface area contributed by atoms with Gasteiger partial charge in [-0.1, -0.05) is 27.7 Å². The Morgan fingerprint density at radius 2 is 1.84 bits per heavy atom. The van der Waals surface area contributed by atoms with Crippen molar-refractivity contribution < 1.29 is 0 Å². The van der Waals surface area contributed by atoms with E-state index in [0.29, 0.717) is 6.04 Å². The molecule has 3 N–H and O–H groups in total. The van der Waals surface area contributed by atoms with Crippen molar-refractivity contribution in [3.63, 3.8) is 0 Å². The number of rotatable bonds is 6. The lowest BCUT2D eigenvalue weighted by atomic mass is 9.81. The first-order valence-electron chi connectivity index (χ1n) is 7.96. The van der Waals surface area contributed by atoms with Crippen molar-refractivity contribution in [2.45, 2.75) is 59.0 Å². The average molecular weight is 269 g/mol. The first-order chi connectivity index (χ1) is 8.81. The fourth-order valence-electron chi connectivity index (χ4n) is 3.43. The van der Waals surface area contributed by atoms with Crippen LogP contribution < -0.4 is 11.1 Å². The summed E-state index contributed by atoms with van der Waals surface area (Å²) in [5.41, 5.74) is 6.26. The average Bonchev–Trinajstić information content (AvgIpc) is 2.33. The predicted octanol–water partition coefficient (Wildman–Crippen LogP) is 2.32. The van der Waals surface area contributed by atoms with Crippen LogP contribution in [0, 0.1) is 17.8 Å². The molecule has 1 aliphatic rings. The Balaban J connectivity index is 2.61. The summed E-state index contributed by atoms with van der Waals surface area (Å²) < 4.78 is 0. The number of hydrogen-bond donors (Lipinski definition) is 2. The van der Waals surface area contributed by atoms with Gasteiger partial charge in [-0.25, -0.2) is 0 Å². The van der Waals surface area contributed by atoms with E-state index in [1.54, 1.807) is 0 Å². The molecule has 2 atom stereocenters. The van der Waals surface area contributed by atoms with E-state index in [4.69, 9.17) is 5.73 Å². The van der Waals surface area contributed by atoms with Crippen molar-refractivity contribution in [2.24, 2.45) is 23.5 Å². The Morgan fingerprint density at radius 3 is 2.26 bits per heavy atom. The van der Waals surface area contributed by atoms with E-state index in [-0.39, 0.29) is 5.54 Å². The standard InChI is InChI=1S/C16H35N3/c1-12(2)15(13(3)4)10-18-16(11-17)7-8-19(6)14(5)9-16/h12-15,18H,7-11,17H2,1-6H3. The zero-order valence-corrected chi connectivity index (χ0v) is 13.9. The molecule has 0 aliphatic carbocycles. The van der Waals surface area contributed by atoms with Crippen LogP contribution >= 0.6 is 0 Å². The Labute approximate surface area is 120 Å². The highest BCUT2D eigenvalue weighted by atomic mass is 15.2. The second-order valence-corrected chi connectivity index (χ2v) is 7.30. The lowest BCUT2D eigenvalue weighted by Gasteiger charge is -2.45. The molecule has 0 saturated carbocycles. The zero-order chi connectivity index (χ0) is 14.6. The van der Waals surface area contributed by atoms with E-state index >= 15 is 0 Å². The number of piperidine rings is 1. The summed E-state index contributed by atoms with van der Waals surface area (Å²) in [7, 11) is 2.22. The van der Waals surface area contributed by atoms with E-state index in [1.165, 1.54) is 12.8 Å². The number of hydrogen-bond acceptors (Lipinski definition) is 3. The van der Waals surface area contributed by atoms with Crippen LogP contribution in [0.4, 0.5) is 0 Å². The quantitative estimate of drug-likeness (QED) is 0.777. The summed E-state index contributed by atoms with van der Waals surface area (Å²) in [6.07, 6.45) is 2.34. The molecule has 1 saturated heterocycles. The minimum absolute atomic E-state index is 0.161. The SMILES string of the molecule is CC(C)C(CNC1(CN)CCN(C)C(C)C1)C(C)C. The Hall–Kier alpha value is -0.120. The molecule has 0 spiro atoms. The molecule has 1 heterocycles. The molecule has 1 rings (SSSR count). The van der Waals surface area contributed by atoms with Crippen molar-refractivity contribution in [1.82, 2.24) is 10.2 Å². The largest absolute Gasteiger partial charge is 0.329 e. The van der Waals surface area contributed by atoms with Gasteiger partial charge in [-0.15, -0.1) is 0 Å². The van der Waals surface area contributed by atoms with Crippen molar-refractivity contribution in [1.29, 1.82) is 0 Å². The van der Waals surface area contributed by atoms with E-state index in [2.05, 4.69) is 51.9 Å². The van der Waals surface area contributed by atoms with Gasteiger partial charge in [-0.2, -0.15) is 0 Å². The summed E-state index contributed by atoms with van der Waals surface area (Å²) in [6.45, 7) is 14.7. The van der Waals surface area contributed by atoms with Crippen LogP contribution in [0.15, 0.2) is 0 Å². The summed E-state index contributed by atoms with van der Waals surface area (Å²) in [5, 5.41) is 3.85. The van der Waals surface area contributed by atoms with Gasteiger partial charge in [0, 0.05) is 18.1 Å². The van der Waals surface area contributed by atoms with Crippen LogP contribution in [0.3, 0.4) is 0 Å². The van der Waals surface area contributed by atoms with Gasteiger partial charge in [0.15, 0.2) is 0 Å². The van der Waals surface area contributed by atoms with Gasteiger partial charge < -0.3 is 16.0 Å². The van der Waals surface area contributed by atoms with Crippen LogP contribution in [0.2, 0.25) is 0 Å². The van der Waals surface area contributed by atoms with E-state index in [9.17, 15) is 0 Å². The third-order valence-corrected chi connectivity index (χ3v) is 5.20. The monoisotopic (exact) mass is 269 g/mol. The van der Waals surface area contributed by atoms with Crippen molar-refractivity contribution in [3.8, 4) is 0 Å². The van der Waals surface area contributed by atoms with Crippen molar-refractivity contribution >= 4 is 0 Å². The van der Waals surface area contributed by atoms with Gasteiger partial charge in [0.25, 0.3) is 0 Å². The van der Waals surface area contributed by atoms with E-state index < -0.39 is 0 Å². The Kier molecular flexibility index (Phi) is 6.28. The molecule has 0 aromatic carbocycles. The Morgan fingerprint density at radius 1 is 1.26 bits per heavy atom. The zero-order valence-electron chi connectivity index (χ0n) is 13.9. The topological polar surface area (TPSA) is 41.3 Å². The predicted molar refractivity (Wildman–Crippen MR) is 84.3 cm³/mol. The number of nitrogens with one attached hydrogen (secondary N) is 1. The van der Waals surface area contributed by atoms with Gasteiger partial charge in [0.1, 0.15) is 0 Å². The molecule has 0 aromatic heterocycles. The minimum Gasteiger partial charge on any atom is -0.329 e. The van der Waals surface area contributed by atoms with Gasteiger partial charge in [-0.05, 0) is 57.7 Å². The molecule has 19 heavy (non-hydrogen) atoms. The molecule has 2 unspecified atom stereocenters. The van der Waals surface area contributed by atoms with Crippen LogP contribution in [0.1, 0.15) is 47.5 Å². The summed E-state index contributed by atoms with van der Waals surface area (Å²) in [4.78, 5) is 2.44. The summed E-state index contributed by atoms with van der Waals surface area (Å²) in [6, 6.07) is 0.626. The highest BCUT2D eigenvalue weighted by Gasteiger charge is 2.36. The van der Waals surface area contributed by atoms with Crippen LogP contribution in [0.5, 0.6) is 0 Å². The lowest BCUT2D eigenvalue weighted by Crippen LogP contribution is -2.60. The Bertz CT molecular complexity index is 257. The van der Waals surface area contributed by atoms with Gasteiger partial charge in [0.05, 0.1) is 0 Å². The summed E-state index contributed by atoms with van der Waals surface area (Å²) >= 11 is 0. The second kappa shape index (κ2) is 7.05. The van der Waals surface area contributed by atoms with Crippen LogP contribution in [-0.4, -0.2) is 43.2 Å². The maximum absolute atomic E-state index is 6.10. The molecule has 0 amide bonds. The molecule has 3 heteroatoms. The number of likely N-dealkylation sites (tertiary alicyclic amines) is 1. The molecule has 1 fully saturated rings. The molecular weight excluding hydrogens is 234 g/mol. The first-order valence-corrected chi connectivity index (χ1v) is 7.96. The molecule has 0 radical (unpaired) electrons. The van der Waals surface area contributed by atoms with Crippen molar-refractivity contribution in [2.75, 3.05) is 26.7 Å². The third-order valence-electron chi connectivity index (χ3n) is 5.20. The summed E-state index contributed by atoms with van der Waals surface area (Å²) in [5.74, 6) is 2.19. The molecule has 0 aromatic rings. The lowest BCUT2D eigenvalue weighted by molar-refractivity contribution is 0.102. The molecule has 0 bridgehead atoms. The maximum atomic E-state index is 6.10. The molecule has 1 aliphatic heterocycles. The van der Waals surface area contributed by atoms with Crippen LogP contribution in [-0.2, 0) is 0 Å². The highest BCUT2D eigenvalue weighted by Crippen LogP contribution is 2.27. The van der Waals surface area contributed by atoms with E-state index in [1.807, 2.05) is 0 Å². The highest BCUT2D eigenvalue weighted by molar-refractivity contribution is 4.97. The smallest absolute Gasteiger partial charge is 0.0331 e. The second-order valence-electron chi connectivity index (χ2n) is 7.30. The minimum atomic E-state index is 0.161. The first kappa shape index (κ1) is 16.9. The van der Waals surface area contributed by atoms with Crippen LogP contribution in [0.25, 0.3) is 0 Å². The molecular formula is C16H35N3. The molecule has 3 nitrogen and oxygen atoms in total. The number of nitrogens with zero attached hydrogens (tertiary/aromatic N) is 1. The fraction of sp³-hybridized carbons (Fsp3) is 1.00. The maximum Gasteiger partial charge on any atom is 0.0331 e. The third kappa shape index (κ3) is 4.44. The van der Waals surface area contributed by atoms with Gasteiger partial charge >= 0.3 is 0 Å². The fourth-order valence-corrected chi connectivity index (χ4v) is 3.43. The van der Waals surface area contributed by atoms with Crippen molar-refractivity contribution in [3.05, 3.63) is 0 Å². The van der Waals surface area contributed by atoms with E-state index in [0.717, 1.165) is 37.4 Å².